The van der Waals surface area contributed by atoms with Gasteiger partial charge in [0.2, 0.25) is 0 Å². The van der Waals surface area contributed by atoms with Crippen molar-refractivity contribution < 1.29 is 23.4 Å². The highest BCUT2D eigenvalue weighted by Gasteiger charge is 2.18. The van der Waals surface area contributed by atoms with E-state index in [1.165, 1.54) is 0 Å². The van der Waals surface area contributed by atoms with Gasteiger partial charge in [-0.05, 0) is 19.4 Å². The maximum absolute atomic E-state index is 10.4. The number of hydrogen-bond acceptors (Lipinski definition) is 3. The van der Waals surface area contributed by atoms with Crippen molar-refractivity contribution in [2.24, 2.45) is 5.73 Å². The molecule has 0 spiro atoms. The Labute approximate surface area is 90.9 Å². The van der Waals surface area contributed by atoms with Gasteiger partial charge in [0, 0.05) is 0 Å². The third kappa shape index (κ3) is 10.3. The minimum absolute atomic E-state index is 0.0693. The molecule has 4 N–H and O–H groups in total. The molecule has 0 saturated carbocycles. The molecule has 0 saturated heterocycles. The Balaban J connectivity index is 3.69. The zero-order chi connectivity index (χ0) is 11.9. The number of likely N-dealkylation sites (N-methyl/N-ethyl adjacent to an activating group) is 1. The highest BCUT2D eigenvalue weighted by molar-refractivity contribution is 7.46. The summed E-state index contributed by atoms with van der Waals surface area (Å²) in [6.07, 6.45) is 1.99. The van der Waals surface area contributed by atoms with Crippen LogP contribution < -0.4 is 5.73 Å². The summed E-state index contributed by atoms with van der Waals surface area (Å²) in [5.74, 6) is 0. The van der Waals surface area contributed by atoms with Gasteiger partial charge in [0.15, 0.2) is 0 Å². The summed E-state index contributed by atoms with van der Waals surface area (Å²) in [5, 5.41) is 0. The number of quaternary nitrogens is 1. The molecule has 0 radical (unpaired) electrons. The van der Waals surface area contributed by atoms with Crippen molar-refractivity contribution in [1.29, 1.82) is 0 Å². The molecule has 7 heteroatoms. The fraction of sp³-hybridized carbons (Fsp3) is 1.00. The van der Waals surface area contributed by atoms with Gasteiger partial charge in [-0.3, -0.25) is 4.52 Å². The van der Waals surface area contributed by atoms with Gasteiger partial charge < -0.3 is 20.0 Å². The van der Waals surface area contributed by atoms with Crippen LogP contribution in [0, 0.1) is 0 Å². The normalized spacial score (nSPS) is 13.1. The Morgan fingerprint density at radius 2 is 1.87 bits per heavy atom. The first-order valence-electron chi connectivity index (χ1n) is 4.99. The minimum atomic E-state index is -4.31. The number of unbranched alkanes of at least 4 members (excludes halogenated alkanes) is 1. The second-order valence-corrected chi connectivity index (χ2v) is 5.44. The van der Waals surface area contributed by atoms with Crippen LogP contribution in [-0.2, 0) is 9.09 Å². The molecule has 0 amide bonds. The molecule has 0 aromatic heterocycles. The number of phosphoric acid groups is 1. The molecule has 0 aromatic carbocycles. The van der Waals surface area contributed by atoms with Crippen LogP contribution >= 0.6 is 7.82 Å². The first-order chi connectivity index (χ1) is 6.77. The Bertz CT molecular complexity index is 217. The SMILES string of the molecule is C[N+](C)(CCCCN)CCOP(=O)(O)O. The lowest BCUT2D eigenvalue weighted by Gasteiger charge is -2.29. The third-order valence-electron chi connectivity index (χ3n) is 2.17. The van der Waals surface area contributed by atoms with Crippen LogP contribution in [0.5, 0.6) is 0 Å². The van der Waals surface area contributed by atoms with Gasteiger partial charge in [0.05, 0.1) is 20.6 Å². The van der Waals surface area contributed by atoms with Crippen molar-refractivity contribution in [3.8, 4) is 0 Å². The number of rotatable bonds is 8. The predicted molar refractivity (Wildman–Crippen MR) is 58.1 cm³/mol. The topological polar surface area (TPSA) is 92.8 Å². The van der Waals surface area contributed by atoms with Gasteiger partial charge in [0.1, 0.15) is 13.2 Å². The molecule has 0 aromatic rings. The zero-order valence-electron chi connectivity index (χ0n) is 9.43. The average molecular weight is 241 g/mol. The van der Waals surface area contributed by atoms with Crippen molar-refractivity contribution >= 4 is 7.82 Å². The Morgan fingerprint density at radius 1 is 1.27 bits per heavy atom. The summed E-state index contributed by atoms with van der Waals surface area (Å²) >= 11 is 0. The van der Waals surface area contributed by atoms with Crippen LogP contribution in [0.3, 0.4) is 0 Å². The molecule has 0 fully saturated rings. The van der Waals surface area contributed by atoms with Crippen molar-refractivity contribution in [2.45, 2.75) is 12.8 Å². The van der Waals surface area contributed by atoms with E-state index in [2.05, 4.69) is 4.52 Å². The maximum Gasteiger partial charge on any atom is 0.469 e. The van der Waals surface area contributed by atoms with E-state index in [-0.39, 0.29) is 6.61 Å². The third-order valence-corrected chi connectivity index (χ3v) is 2.69. The molecule has 0 unspecified atom stereocenters. The van der Waals surface area contributed by atoms with E-state index in [1.807, 2.05) is 14.1 Å². The van der Waals surface area contributed by atoms with Crippen LogP contribution in [-0.4, -0.2) is 54.6 Å². The predicted octanol–water partition coefficient (Wildman–Crippen LogP) is -0.0890. The van der Waals surface area contributed by atoms with Crippen molar-refractivity contribution in [3.05, 3.63) is 0 Å². The molecule has 6 nitrogen and oxygen atoms in total. The first-order valence-corrected chi connectivity index (χ1v) is 6.52. The second kappa shape index (κ2) is 6.58. The smallest absolute Gasteiger partial charge is 0.330 e. The van der Waals surface area contributed by atoms with Crippen LogP contribution in [0.4, 0.5) is 0 Å². The molecule has 92 valence electrons. The van der Waals surface area contributed by atoms with Gasteiger partial charge in [-0.15, -0.1) is 0 Å². The summed E-state index contributed by atoms with van der Waals surface area (Å²) in [6.45, 7) is 2.26. The number of phosphoric ester groups is 1. The van der Waals surface area contributed by atoms with Crippen molar-refractivity contribution in [3.63, 3.8) is 0 Å². The number of nitrogens with two attached hydrogens (primary N) is 1. The lowest BCUT2D eigenvalue weighted by atomic mass is 10.3. The summed E-state index contributed by atoms with van der Waals surface area (Å²) in [7, 11) is -0.314. The molecule has 0 rings (SSSR count). The van der Waals surface area contributed by atoms with Crippen LogP contribution in [0.2, 0.25) is 0 Å². The van der Waals surface area contributed by atoms with Gasteiger partial charge >= 0.3 is 7.82 Å². The molecular formula is C8H22N2O4P+. The summed E-state index contributed by atoms with van der Waals surface area (Å²) in [6, 6.07) is 0. The molecule has 0 aliphatic heterocycles. The minimum Gasteiger partial charge on any atom is -0.330 e. The molecule has 0 heterocycles. The summed E-state index contributed by atoms with van der Waals surface area (Å²) in [4.78, 5) is 17.0. The Hall–Kier alpha value is 0.0300. The van der Waals surface area contributed by atoms with Crippen LogP contribution in [0.15, 0.2) is 0 Å². The van der Waals surface area contributed by atoms with Gasteiger partial charge in [-0.1, -0.05) is 0 Å². The van der Waals surface area contributed by atoms with E-state index < -0.39 is 7.82 Å². The van der Waals surface area contributed by atoms with Crippen LogP contribution in [0.25, 0.3) is 0 Å². The largest absolute Gasteiger partial charge is 0.469 e. The van der Waals surface area contributed by atoms with Gasteiger partial charge in [0.25, 0.3) is 0 Å². The maximum atomic E-state index is 10.4. The van der Waals surface area contributed by atoms with Gasteiger partial charge in [-0.25, -0.2) is 4.57 Å². The van der Waals surface area contributed by atoms with E-state index in [4.69, 9.17) is 15.5 Å². The monoisotopic (exact) mass is 241 g/mol. The second-order valence-electron chi connectivity index (χ2n) is 4.20. The van der Waals surface area contributed by atoms with Crippen molar-refractivity contribution in [1.82, 2.24) is 0 Å². The van der Waals surface area contributed by atoms with E-state index in [0.29, 0.717) is 17.6 Å². The molecular weight excluding hydrogens is 219 g/mol. The lowest BCUT2D eigenvalue weighted by molar-refractivity contribution is -0.890. The van der Waals surface area contributed by atoms with Crippen LogP contribution in [0.1, 0.15) is 12.8 Å². The molecule has 15 heavy (non-hydrogen) atoms. The fourth-order valence-corrected chi connectivity index (χ4v) is 1.52. The zero-order valence-corrected chi connectivity index (χ0v) is 10.3. The van der Waals surface area contributed by atoms with Crippen molar-refractivity contribution in [2.75, 3.05) is 40.3 Å². The quantitative estimate of drug-likeness (QED) is 0.314. The van der Waals surface area contributed by atoms with E-state index in [9.17, 15) is 4.57 Å². The molecule has 0 aliphatic rings. The standard InChI is InChI=1S/C8H21N2O4P/c1-10(2,6-4-3-5-9)7-8-14-15(11,12)13/h3-9H2,1-2H3,(H-,11,12,13)/p+1. The van der Waals surface area contributed by atoms with E-state index >= 15 is 0 Å². The molecule has 0 aliphatic carbocycles. The van der Waals surface area contributed by atoms with E-state index in [1.54, 1.807) is 0 Å². The first kappa shape index (κ1) is 15.0. The summed E-state index contributed by atoms with van der Waals surface area (Å²) in [5.41, 5.74) is 5.38. The Morgan fingerprint density at radius 3 is 2.33 bits per heavy atom. The average Bonchev–Trinajstić information content (AvgIpc) is 2.01. The van der Waals surface area contributed by atoms with Gasteiger partial charge in [-0.2, -0.15) is 0 Å². The fourth-order valence-electron chi connectivity index (χ4n) is 1.20. The highest BCUT2D eigenvalue weighted by atomic mass is 31.2. The number of hydrogen-bond donors (Lipinski definition) is 3. The highest BCUT2D eigenvalue weighted by Crippen LogP contribution is 2.35. The van der Waals surface area contributed by atoms with E-state index in [0.717, 1.165) is 19.4 Å². The molecule has 0 bridgehead atoms. The Kier molecular flexibility index (Phi) is 6.59. The molecule has 0 atom stereocenters. The number of nitrogens with zero attached hydrogens (tertiary/aromatic N) is 1. The summed E-state index contributed by atoms with van der Waals surface area (Å²) < 4.78 is 15.5. The lowest BCUT2D eigenvalue weighted by Crippen LogP contribution is -2.43.